The number of hydrogen-bond acceptors (Lipinski definition) is 1. The predicted molar refractivity (Wildman–Crippen MR) is 75.5 cm³/mol. The Bertz CT molecular complexity index is 622. The zero-order valence-electron chi connectivity index (χ0n) is 11.3. The average Bonchev–Trinajstić information content (AvgIpc) is 2.27. The summed E-state index contributed by atoms with van der Waals surface area (Å²) in [6.07, 6.45) is 0. The fraction of sp³-hybridized carbons (Fsp3) is 0.235. The molecule has 0 aliphatic rings. The summed E-state index contributed by atoms with van der Waals surface area (Å²) < 4.78 is 0. The van der Waals surface area contributed by atoms with Crippen molar-refractivity contribution in [1.82, 2.24) is 0 Å². The number of rotatable bonds is 1. The van der Waals surface area contributed by atoms with E-state index in [1.807, 2.05) is 19.1 Å². The summed E-state index contributed by atoms with van der Waals surface area (Å²) in [5.41, 5.74) is 8.14. The molecule has 1 nitrogen and oxygen atoms in total. The molecule has 2 aromatic carbocycles. The molecule has 0 saturated carbocycles. The van der Waals surface area contributed by atoms with Gasteiger partial charge in [0, 0.05) is 0 Å². The minimum atomic E-state index is 0.751. The molecule has 1 heteroatoms. The Balaban J connectivity index is 2.63. The Hall–Kier alpha value is -2.07. The van der Waals surface area contributed by atoms with E-state index in [9.17, 15) is 0 Å². The van der Waals surface area contributed by atoms with Crippen LogP contribution in [-0.2, 0) is 0 Å². The van der Waals surface area contributed by atoms with Gasteiger partial charge in [-0.3, -0.25) is 0 Å². The first-order valence-corrected chi connectivity index (χ1v) is 6.12. The van der Waals surface area contributed by atoms with Crippen LogP contribution in [-0.4, -0.2) is 0 Å². The standard InChI is InChI=1S/C17H17N/c1-11-7-13(3)17(14(4)8-11)15-5-6-16(10-18)12(2)9-15/h5-9H,1-4H3. The third kappa shape index (κ3) is 2.15. The van der Waals surface area contributed by atoms with Gasteiger partial charge in [-0.25, -0.2) is 0 Å². The molecule has 0 aromatic heterocycles. The molecule has 0 aliphatic heterocycles. The molecular formula is C17H17N. The lowest BCUT2D eigenvalue weighted by Crippen LogP contribution is -1.91. The van der Waals surface area contributed by atoms with Crippen LogP contribution in [0.5, 0.6) is 0 Å². The Morgan fingerprint density at radius 1 is 0.833 bits per heavy atom. The zero-order chi connectivity index (χ0) is 13.3. The maximum Gasteiger partial charge on any atom is 0.0994 e. The minimum Gasteiger partial charge on any atom is -0.192 e. The van der Waals surface area contributed by atoms with E-state index in [1.54, 1.807) is 0 Å². The fourth-order valence-electron chi connectivity index (χ4n) is 2.58. The molecule has 0 aliphatic carbocycles. The van der Waals surface area contributed by atoms with E-state index in [2.05, 4.69) is 45.0 Å². The van der Waals surface area contributed by atoms with Gasteiger partial charge in [-0.05, 0) is 61.6 Å². The van der Waals surface area contributed by atoms with Crippen molar-refractivity contribution in [1.29, 1.82) is 5.26 Å². The topological polar surface area (TPSA) is 23.8 Å². The van der Waals surface area contributed by atoms with Gasteiger partial charge in [0.05, 0.1) is 11.6 Å². The Morgan fingerprint density at radius 2 is 1.44 bits per heavy atom. The maximum atomic E-state index is 8.98. The highest BCUT2D eigenvalue weighted by Gasteiger charge is 2.08. The molecule has 0 saturated heterocycles. The average molecular weight is 235 g/mol. The van der Waals surface area contributed by atoms with Crippen molar-refractivity contribution in [3.8, 4) is 17.2 Å². The molecule has 0 unspecified atom stereocenters. The normalized spacial score (nSPS) is 10.2. The summed E-state index contributed by atoms with van der Waals surface area (Å²) in [7, 11) is 0. The highest BCUT2D eigenvalue weighted by molar-refractivity contribution is 5.72. The molecule has 0 heterocycles. The van der Waals surface area contributed by atoms with Gasteiger partial charge in [0.1, 0.15) is 0 Å². The third-order valence-electron chi connectivity index (χ3n) is 3.31. The Labute approximate surface area is 109 Å². The lowest BCUT2D eigenvalue weighted by Gasteiger charge is -2.12. The molecule has 0 atom stereocenters. The monoisotopic (exact) mass is 235 g/mol. The first kappa shape index (κ1) is 12.4. The number of hydrogen-bond donors (Lipinski definition) is 0. The van der Waals surface area contributed by atoms with Gasteiger partial charge in [-0.2, -0.15) is 5.26 Å². The van der Waals surface area contributed by atoms with Crippen LogP contribution in [0.15, 0.2) is 30.3 Å². The minimum absolute atomic E-state index is 0.751. The van der Waals surface area contributed by atoms with Crippen molar-refractivity contribution in [2.24, 2.45) is 0 Å². The lowest BCUT2D eigenvalue weighted by molar-refractivity contribution is 1.31. The summed E-state index contributed by atoms with van der Waals surface area (Å²) in [5.74, 6) is 0. The molecule has 2 rings (SSSR count). The molecule has 0 amide bonds. The first-order chi connectivity index (χ1) is 8.52. The van der Waals surface area contributed by atoms with Gasteiger partial charge in [-0.1, -0.05) is 29.8 Å². The number of nitriles is 1. The number of benzene rings is 2. The third-order valence-corrected chi connectivity index (χ3v) is 3.31. The van der Waals surface area contributed by atoms with Crippen LogP contribution in [0.25, 0.3) is 11.1 Å². The molecule has 0 bridgehead atoms. The van der Waals surface area contributed by atoms with Crippen molar-refractivity contribution in [2.75, 3.05) is 0 Å². The molecule has 90 valence electrons. The molecule has 18 heavy (non-hydrogen) atoms. The van der Waals surface area contributed by atoms with E-state index in [0.717, 1.165) is 11.1 Å². The van der Waals surface area contributed by atoms with Crippen molar-refractivity contribution in [3.05, 3.63) is 58.1 Å². The summed E-state index contributed by atoms with van der Waals surface area (Å²) >= 11 is 0. The molecule has 0 spiro atoms. The SMILES string of the molecule is Cc1cc(C)c(-c2ccc(C#N)c(C)c2)c(C)c1. The van der Waals surface area contributed by atoms with Gasteiger partial charge >= 0.3 is 0 Å². The van der Waals surface area contributed by atoms with Crippen molar-refractivity contribution in [3.63, 3.8) is 0 Å². The number of nitrogens with zero attached hydrogens (tertiary/aromatic N) is 1. The van der Waals surface area contributed by atoms with Crippen molar-refractivity contribution < 1.29 is 0 Å². The van der Waals surface area contributed by atoms with E-state index in [4.69, 9.17) is 5.26 Å². The Kier molecular flexibility index (Phi) is 3.21. The van der Waals surface area contributed by atoms with Gasteiger partial charge in [0.25, 0.3) is 0 Å². The van der Waals surface area contributed by atoms with Crippen LogP contribution in [0, 0.1) is 39.0 Å². The summed E-state index contributed by atoms with van der Waals surface area (Å²) in [5, 5.41) is 8.98. The molecule has 0 N–H and O–H groups in total. The van der Waals surface area contributed by atoms with Crippen LogP contribution < -0.4 is 0 Å². The van der Waals surface area contributed by atoms with Crippen LogP contribution in [0.2, 0.25) is 0 Å². The maximum absolute atomic E-state index is 8.98. The smallest absolute Gasteiger partial charge is 0.0994 e. The van der Waals surface area contributed by atoms with Crippen molar-refractivity contribution >= 4 is 0 Å². The summed E-state index contributed by atoms with van der Waals surface area (Å²) in [6.45, 7) is 8.39. The van der Waals surface area contributed by atoms with Crippen molar-refractivity contribution in [2.45, 2.75) is 27.7 Å². The molecule has 0 radical (unpaired) electrons. The molecule has 0 fully saturated rings. The first-order valence-electron chi connectivity index (χ1n) is 6.12. The predicted octanol–water partition coefficient (Wildman–Crippen LogP) is 4.46. The van der Waals surface area contributed by atoms with Gasteiger partial charge in [0.15, 0.2) is 0 Å². The van der Waals surface area contributed by atoms with E-state index < -0.39 is 0 Å². The van der Waals surface area contributed by atoms with Crippen LogP contribution >= 0.6 is 0 Å². The summed E-state index contributed by atoms with van der Waals surface area (Å²) in [4.78, 5) is 0. The summed E-state index contributed by atoms with van der Waals surface area (Å²) in [6, 6.07) is 12.7. The van der Waals surface area contributed by atoms with Gasteiger partial charge < -0.3 is 0 Å². The van der Waals surface area contributed by atoms with Gasteiger partial charge in [0.2, 0.25) is 0 Å². The largest absolute Gasteiger partial charge is 0.192 e. The van der Waals surface area contributed by atoms with E-state index in [-0.39, 0.29) is 0 Å². The molecular weight excluding hydrogens is 218 g/mol. The van der Waals surface area contributed by atoms with E-state index in [1.165, 1.54) is 27.8 Å². The van der Waals surface area contributed by atoms with E-state index in [0.29, 0.717) is 0 Å². The second kappa shape index (κ2) is 4.66. The lowest BCUT2D eigenvalue weighted by atomic mass is 9.92. The zero-order valence-corrected chi connectivity index (χ0v) is 11.3. The fourth-order valence-corrected chi connectivity index (χ4v) is 2.58. The highest BCUT2D eigenvalue weighted by Crippen LogP contribution is 2.29. The second-order valence-corrected chi connectivity index (χ2v) is 4.92. The van der Waals surface area contributed by atoms with E-state index >= 15 is 0 Å². The van der Waals surface area contributed by atoms with Crippen LogP contribution in [0.4, 0.5) is 0 Å². The Morgan fingerprint density at radius 3 is 1.94 bits per heavy atom. The second-order valence-electron chi connectivity index (χ2n) is 4.92. The van der Waals surface area contributed by atoms with Crippen LogP contribution in [0.1, 0.15) is 27.8 Å². The molecule has 2 aromatic rings. The van der Waals surface area contributed by atoms with Crippen LogP contribution in [0.3, 0.4) is 0 Å². The van der Waals surface area contributed by atoms with Gasteiger partial charge in [-0.15, -0.1) is 0 Å². The highest BCUT2D eigenvalue weighted by atomic mass is 14.2. The number of aryl methyl sites for hydroxylation is 4. The quantitative estimate of drug-likeness (QED) is 0.716.